The predicted molar refractivity (Wildman–Crippen MR) is 78.3 cm³/mol. The van der Waals surface area contributed by atoms with Crippen molar-refractivity contribution < 1.29 is 13.5 Å². The summed E-state index contributed by atoms with van der Waals surface area (Å²) in [7, 11) is 1.76. The minimum Gasteiger partial charge on any atom is -0.435 e. The van der Waals surface area contributed by atoms with Crippen LogP contribution in [-0.2, 0) is 0 Å². The first-order valence-corrected chi connectivity index (χ1v) is 7.25. The van der Waals surface area contributed by atoms with Gasteiger partial charge in [-0.1, -0.05) is 35.3 Å². The second kappa shape index (κ2) is 6.72. The van der Waals surface area contributed by atoms with Gasteiger partial charge in [0.2, 0.25) is 0 Å². The van der Waals surface area contributed by atoms with E-state index in [2.05, 4.69) is 10.1 Å². The molecule has 0 aliphatic rings. The average Bonchev–Trinajstić information content (AvgIpc) is 2.69. The molecule has 1 N–H and O–H groups in total. The first-order chi connectivity index (χ1) is 9.51. The van der Waals surface area contributed by atoms with E-state index in [1.54, 1.807) is 31.3 Å². The Morgan fingerprint density at radius 3 is 2.55 bits per heavy atom. The second-order valence-corrected chi connectivity index (χ2v) is 6.24. The van der Waals surface area contributed by atoms with Crippen molar-refractivity contribution >= 4 is 34.5 Å². The normalized spacial score (nSPS) is 12.7. The van der Waals surface area contributed by atoms with Crippen molar-refractivity contribution in [3.63, 3.8) is 0 Å². The molecule has 0 saturated heterocycles. The van der Waals surface area contributed by atoms with Crippen LogP contribution in [0.5, 0.6) is 5.75 Å². The molecular formula is C13H11Cl2F2NOS. The van der Waals surface area contributed by atoms with Crippen molar-refractivity contribution in [1.82, 2.24) is 5.32 Å². The number of thiophene rings is 1. The third kappa shape index (κ3) is 3.61. The lowest BCUT2D eigenvalue weighted by Crippen LogP contribution is -2.17. The summed E-state index contributed by atoms with van der Waals surface area (Å²) in [5.74, 6) is 0.107. The smallest absolute Gasteiger partial charge is 0.387 e. The molecule has 0 spiro atoms. The summed E-state index contributed by atoms with van der Waals surface area (Å²) < 4.78 is 30.0. The Kier molecular flexibility index (Phi) is 5.21. The number of halogens is 4. The highest BCUT2D eigenvalue weighted by Crippen LogP contribution is 2.37. The minimum absolute atomic E-state index is 0.107. The monoisotopic (exact) mass is 337 g/mol. The Hall–Kier alpha value is -0.880. The van der Waals surface area contributed by atoms with Crippen molar-refractivity contribution in [1.29, 1.82) is 0 Å². The van der Waals surface area contributed by atoms with Crippen molar-refractivity contribution in [3.8, 4) is 5.75 Å². The maximum atomic E-state index is 12.3. The van der Waals surface area contributed by atoms with E-state index in [1.807, 2.05) is 0 Å². The van der Waals surface area contributed by atoms with Gasteiger partial charge in [0.25, 0.3) is 0 Å². The zero-order valence-electron chi connectivity index (χ0n) is 10.4. The Balaban J connectivity index is 2.34. The van der Waals surface area contributed by atoms with Crippen LogP contribution in [0.4, 0.5) is 8.78 Å². The number of hydrogen-bond acceptors (Lipinski definition) is 3. The van der Waals surface area contributed by atoms with Gasteiger partial charge in [-0.3, -0.25) is 0 Å². The molecule has 2 aromatic rings. The van der Waals surface area contributed by atoms with Crippen LogP contribution in [0.2, 0.25) is 8.67 Å². The van der Waals surface area contributed by atoms with Crippen LogP contribution in [-0.4, -0.2) is 13.7 Å². The van der Waals surface area contributed by atoms with Gasteiger partial charge in [0.15, 0.2) is 0 Å². The SMILES string of the molecule is CNC(c1cccc(OC(F)F)c1)c1cc(Cl)sc1Cl. The zero-order valence-corrected chi connectivity index (χ0v) is 12.7. The van der Waals surface area contributed by atoms with Crippen LogP contribution >= 0.6 is 34.5 Å². The molecule has 0 amide bonds. The zero-order chi connectivity index (χ0) is 14.7. The second-order valence-electron chi connectivity index (χ2n) is 3.95. The van der Waals surface area contributed by atoms with Gasteiger partial charge in [0.1, 0.15) is 5.75 Å². The molecule has 1 atom stereocenters. The number of alkyl halides is 2. The molecule has 2 nitrogen and oxygen atoms in total. The fraction of sp³-hybridized carbons (Fsp3) is 0.231. The van der Waals surface area contributed by atoms with Crippen molar-refractivity contribution in [2.75, 3.05) is 7.05 Å². The van der Waals surface area contributed by atoms with Gasteiger partial charge < -0.3 is 10.1 Å². The molecule has 1 heterocycles. The third-order valence-corrected chi connectivity index (χ3v) is 4.22. The van der Waals surface area contributed by atoms with Gasteiger partial charge in [-0.2, -0.15) is 8.78 Å². The van der Waals surface area contributed by atoms with Crippen LogP contribution in [0.3, 0.4) is 0 Å². The maximum Gasteiger partial charge on any atom is 0.387 e. The molecule has 0 saturated carbocycles. The van der Waals surface area contributed by atoms with Crippen molar-refractivity contribution in [2.24, 2.45) is 0 Å². The van der Waals surface area contributed by atoms with Crippen molar-refractivity contribution in [2.45, 2.75) is 12.7 Å². The molecule has 0 aliphatic heterocycles. The highest BCUT2D eigenvalue weighted by Gasteiger charge is 2.19. The summed E-state index contributed by atoms with van der Waals surface area (Å²) in [6.45, 7) is -2.85. The molecule has 1 aromatic carbocycles. The van der Waals surface area contributed by atoms with Crippen LogP contribution in [0.25, 0.3) is 0 Å². The molecule has 2 rings (SSSR count). The molecular weight excluding hydrogens is 327 g/mol. The lowest BCUT2D eigenvalue weighted by Gasteiger charge is -2.17. The largest absolute Gasteiger partial charge is 0.435 e. The maximum absolute atomic E-state index is 12.3. The van der Waals surface area contributed by atoms with E-state index in [9.17, 15) is 8.78 Å². The predicted octanol–water partition coefficient (Wildman–Crippen LogP) is 4.97. The number of nitrogens with one attached hydrogen (secondary N) is 1. The van der Waals surface area contributed by atoms with Crippen molar-refractivity contribution in [3.05, 3.63) is 50.1 Å². The lowest BCUT2D eigenvalue weighted by molar-refractivity contribution is -0.0498. The van der Waals surface area contributed by atoms with Gasteiger partial charge in [0, 0.05) is 5.56 Å². The molecule has 0 aliphatic carbocycles. The van der Waals surface area contributed by atoms with Gasteiger partial charge in [-0.05, 0) is 30.8 Å². The summed E-state index contributed by atoms with van der Waals surface area (Å²) in [6.07, 6.45) is 0. The summed E-state index contributed by atoms with van der Waals surface area (Å²) in [5, 5.41) is 3.09. The summed E-state index contributed by atoms with van der Waals surface area (Å²) in [4.78, 5) is 0. The fourth-order valence-electron chi connectivity index (χ4n) is 1.92. The molecule has 0 bridgehead atoms. The van der Waals surface area contributed by atoms with Crippen LogP contribution in [0.1, 0.15) is 17.2 Å². The van der Waals surface area contributed by atoms with Gasteiger partial charge in [-0.15, -0.1) is 11.3 Å². The number of ether oxygens (including phenoxy) is 1. The molecule has 108 valence electrons. The van der Waals surface area contributed by atoms with E-state index in [-0.39, 0.29) is 11.8 Å². The molecule has 20 heavy (non-hydrogen) atoms. The van der Waals surface area contributed by atoms with Crippen LogP contribution in [0, 0.1) is 0 Å². The Bertz CT molecular complexity index is 592. The summed E-state index contributed by atoms with van der Waals surface area (Å²) >= 11 is 13.3. The molecule has 0 radical (unpaired) electrons. The highest BCUT2D eigenvalue weighted by molar-refractivity contribution is 7.20. The van der Waals surface area contributed by atoms with Gasteiger partial charge in [0.05, 0.1) is 14.7 Å². The minimum atomic E-state index is -2.85. The van der Waals surface area contributed by atoms with Gasteiger partial charge >= 0.3 is 6.61 Å². The average molecular weight is 338 g/mol. The Morgan fingerprint density at radius 2 is 2.00 bits per heavy atom. The topological polar surface area (TPSA) is 21.3 Å². The lowest BCUT2D eigenvalue weighted by atomic mass is 10.0. The van der Waals surface area contributed by atoms with Crippen LogP contribution in [0.15, 0.2) is 30.3 Å². The molecule has 7 heteroatoms. The third-order valence-electron chi connectivity index (χ3n) is 2.70. The summed E-state index contributed by atoms with van der Waals surface area (Å²) in [6, 6.07) is 8.00. The van der Waals surface area contributed by atoms with Crippen LogP contribution < -0.4 is 10.1 Å². The van der Waals surface area contributed by atoms with E-state index in [0.29, 0.717) is 8.67 Å². The van der Waals surface area contributed by atoms with Gasteiger partial charge in [-0.25, -0.2) is 0 Å². The number of benzene rings is 1. The highest BCUT2D eigenvalue weighted by atomic mass is 35.5. The standard InChI is InChI=1S/C13H11Cl2F2NOS/c1-18-11(9-6-10(14)20-12(9)15)7-3-2-4-8(5-7)19-13(16)17/h2-6,11,13,18H,1H3. The fourth-order valence-corrected chi connectivity index (χ4v) is 3.45. The Morgan fingerprint density at radius 1 is 1.25 bits per heavy atom. The van der Waals surface area contributed by atoms with E-state index in [1.165, 1.54) is 17.4 Å². The Labute approximate surface area is 129 Å². The molecule has 1 aromatic heterocycles. The van der Waals surface area contributed by atoms with E-state index < -0.39 is 6.61 Å². The van der Waals surface area contributed by atoms with E-state index in [0.717, 1.165) is 11.1 Å². The number of rotatable bonds is 5. The van der Waals surface area contributed by atoms with E-state index >= 15 is 0 Å². The first-order valence-electron chi connectivity index (χ1n) is 5.68. The molecule has 0 fully saturated rings. The first kappa shape index (κ1) is 15.5. The molecule has 1 unspecified atom stereocenters. The van der Waals surface area contributed by atoms with E-state index in [4.69, 9.17) is 23.2 Å². The quantitative estimate of drug-likeness (QED) is 0.832. The summed E-state index contributed by atoms with van der Waals surface area (Å²) in [5.41, 5.74) is 1.57. The number of hydrogen-bond donors (Lipinski definition) is 1.